The Labute approximate surface area is 117 Å². The van der Waals surface area contributed by atoms with E-state index >= 15 is 0 Å². The van der Waals surface area contributed by atoms with Crippen molar-refractivity contribution in [2.75, 3.05) is 0 Å². The van der Waals surface area contributed by atoms with Crippen LogP contribution in [0.25, 0.3) is 0 Å². The van der Waals surface area contributed by atoms with Gasteiger partial charge in [-0.3, -0.25) is 0 Å². The summed E-state index contributed by atoms with van der Waals surface area (Å²) < 4.78 is 20.9. The first kappa shape index (κ1) is 14.5. The third-order valence-corrected chi connectivity index (χ3v) is 2.82. The Morgan fingerprint density at radius 3 is 2.80 bits per heavy atom. The van der Waals surface area contributed by atoms with Gasteiger partial charge in [-0.1, -0.05) is 13.8 Å². The standard InChI is InChI=1S/C14H19FN4O/c1-10(2)16-7-11-4-12(15)6-13(5-11)20-8-14-18-17-9-19(14)3/h4-6,9-10,16H,7-8H2,1-3H3. The molecular weight excluding hydrogens is 259 g/mol. The minimum absolute atomic E-state index is 0.261. The van der Waals surface area contributed by atoms with E-state index in [1.165, 1.54) is 12.1 Å². The highest BCUT2D eigenvalue weighted by Gasteiger charge is 2.05. The van der Waals surface area contributed by atoms with Crippen molar-refractivity contribution in [3.8, 4) is 5.75 Å². The molecule has 0 saturated heterocycles. The fourth-order valence-corrected chi connectivity index (χ4v) is 1.71. The zero-order chi connectivity index (χ0) is 14.5. The Kier molecular flexibility index (Phi) is 4.68. The van der Waals surface area contributed by atoms with Gasteiger partial charge in [0.25, 0.3) is 0 Å². The van der Waals surface area contributed by atoms with Crippen LogP contribution in [0.2, 0.25) is 0 Å². The predicted octanol–water partition coefficient (Wildman–Crippen LogP) is 2.03. The van der Waals surface area contributed by atoms with Crippen molar-refractivity contribution >= 4 is 0 Å². The summed E-state index contributed by atoms with van der Waals surface area (Å²) in [5.74, 6) is 0.880. The lowest BCUT2D eigenvalue weighted by molar-refractivity contribution is 0.289. The van der Waals surface area contributed by atoms with Crippen molar-refractivity contribution in [3.63, 3.8) is 0 Å². The van der Waals surface area contributed by atoms with Crippen LogP contribution >= 0.6 is 0 Å². The Morgan fingerprint density at radius 2 is 2.15 bits per heavy atom. The molecule has 5 nitrogen and oxygen atoms in total. The first-order chi connectivity index (χ1) is 9.54. The van der Waals surface area contributed by atoms with E-state index in [0.717, 1.165) is 5.56 Å². The average Bonchev–Trinajstić information content (AvgIpc) is 2.79. The molecule has 0 aliphatic heterocycles. The van der Waals surface area contributed by atoms with E-state index in [9.17, 15) is 4.39 Å². The molecule has 2 rings (SSSR count). The van der Waals surface area contributed by atoms with Crippen molar-refractivity contribution in [1.29, 1.82) is 0 Å². The molecular formula is C14H19FN4O. The fourth-order valence-electron chi connectivity index (χ4n) is 1.71. The number of aryl methyl sites for hydroxylation is 1. The van der Waals surface area contributed by atoms with Crippen LogP contribution in [0.4, 0.5) is 4.39 Å². The van der Waals surface area contributed by atoms with Crippen LogP contribution in [0.15, 0.2) is 24.5 Å². The zero-order valence-electron chi connectivity index (χ0n) is 11.9. The summed E-state index contributed by atoms with van der Waals surface area (Å²) in [5.41, 5.74) is 0.853. The monoisotopic (exact) mass is 278 g/mol. The third kappa shape index (κ3) is 4.03. The second-order valence-corrected chi connectivity index (χ2v) is 4.98. The maximum absolute atomic E-state index is 13.6. The van der Waals surface area contributed by atoms with E-state index < -0.39 is 0 Å². The second-order valence-electron chi connectivity index (χ2n) is 4.98. The molecule has 6 heteroatoms. The highest BCUT2D eigenvalue weighted by atomic mass is 19.1. The Morgan fingerprint density at radius 1 is 1.35 bits per heavy atom. The Hall–Kier alpha value is -1.95. The average molecular weight is 278 g/mol. The molecule has 1 N–H and O–H groups in total. The normalized spacial score (nSPS) is 11.1. The van der Waals surface area contributed by atoms with E-state index in [-0.39, 0.29) is 12.4 Å². The van der Waals surface area contributed by atoms with Crippen LogP contribution in [-0.2, 0) is 20.2 Å². The molecule has 108 valence electrons. The zero-order valence-corrected chi connectivity index (χ0v) is 11.9. The molecule has 0 aliphatic carbocycles. The molecule has 0 radical (unpaired) electrons. The number of benzene rings is 1. The molecule has 0 spiro atoms. The molecule has 20 heavy (non-hydrogen) atoms. The summed E-state index contributed by atoms with van der Waals surface area (Å²) in [6.07, 6.45) is 1.60. The smallest absolute Gasteiger partial charge is 0.170 e. The number of hydrogen-bond donors (Lipinski definition) is 1. The summed E-state index contributed by atoms with van der Waals surface area (Å²) in [6, 6.07) is 5.05. The largest absolute Gasteiger partial charge is 0.485 e. The van der Waals surface area contributed by atoms with Crippen LogP contribution in [-0.4, -0.2) is 20.8 Å². The number of rotatable bonds is 6. The maximum atomic E-state index is 13.6. The second kappa shape index (κ2) is 6.47. The molecule has 0 saturated carbocycles. The van der Waals surface area contributed by atoms with Crippen LogP contribution in [0.5, 0.6) is 5.75 Å². The summed E-state index contributed by atoms with van der Waals surface area (Å²) in [5, 5.41) is 10.9. The van der Waals surface area contributed by atoms with Gasteiger partial charge in [-0.15, -0.1) is 10.2 Å². The maximum Gasteiger partial charge on any atom is 0.170 e. The van der Waals surface area contributed by atoms with Crippen molar-refractivity contribution in [2.45, 2.75) is 33.0 Å². The topological polar surface area (TPSA) is 52.0 Å². The summed E-state index contributed by atoms with van der Waals surface area (Å²) >= 11 is 0. The van der Waals surface area contributed by atoms with Gasteiger partial charge < -0.3 is 14.6 Å². The fraction of sp³-hybridized carbons (Fsp3) is 0.429. The summed E-state index contributed by atoms with van der Waals surface area (Å²) in [4.78, 5) is 0. The van der Waals surface area contributed by atoms with Crippen LogP contribution in [0, 0.1) is 5.82 Å². The molecule has 0 bridgehead atoms. The highest BCUT2D eigenvalue weighted by Crippen LogP contribution is 2.17. The Bertz CT molecular complexity index is 568. The molecule has 0 aliphatic rings. The molecule has 1 aromatic carbocycles. The molecule has 1 aromatic heterocycles. The highest BCUT2D eigenvalue weighted by molar-refractivity contribution is 5.29. The van der Waals surface area contributed by atoms with Gasteiger partial charge >= 0.3 is 0 Å². The van der Waals surface area contributed by atoms with Gasteiger partial charge in [-0.25, -0.2) is 4.39 Å². The number of ether oxygens (including phenoxy) is 1. The first-order valence-electron chi connectivity index (χ1n) is 6.53. The van der Waals surface area contributed by atoms with Gasteiger partial charge in [0.2, 0.25) is 0 Å². The molecule has 0 amide bonds. The number of halogens is 1. The molecule has 1 heterocycles. The van der Waals surface area contributed by atoms with E-state index in [1.54, 1.807) is 10.9 Å². The number of nitrogens with one attached hydrogen (secondary N) is 1. The number of hydrogen-bond acceptors (Lipinski definition) is 4. The number of aromatic nitrogens is 3. The molecule has 0 fully saturated rings. The summed E-state index contributed by atoms with van der Waals surface area (Å²) in [7, 11) is 1.84. The van der Waals surface area contributed by atoms with Crippen molar-refractivity contribution in [3.05, 3.63) is 41.7 Å². The summed E-state index contributed by atoms with van der Waals surface area (Å²) in [6.45, 7) is 4.96. The van der Waals surface area contributed by atoms with E-state index in [4.69, 9.17) is 4.74 Å². The molecule has 0 unspecified atom stereocenters. The van der Waals surface area contributed by atoms with Gasteiger partial charge in [0, 0.05) is 25.7 Å². The van der Waals surface area contributed by atoms with E-state index in [0.29, 0.717) is 24.2 Å². The lowest BCUT2D eigenvalue weighted by atomic mass is 10.2. The van der Waals surface area contributed by atoms with E-state index in [1.807, 2.05) is 27.0 Å². The van der Waals surface area contributed by atoms with Gasteiger partial charge in [0.05, 0.1) is 0 Å². The minimum Gasteiger partial charge on any atom is -0.485 e. The van der Waals surface area contributed by atoms with Gasteiger partial charge in [0.1, 0.15) is 24.5 Å². The van der Waals surface area contributed by atoms with Crippen LogP contribution in [0.3, 0.4) is 0 Å². The van der Waals surface area contributed by atoms with Gasteiger partial charge in [-0.2, -0.15) is 0 Å². The van der Waals surface area contributed by atoms with Crippen LogP contribution < -0.4 is 10.1 Å². The molecule has 0 atom stereocenters. The number of nitrogens with zero attached hydrogens (tertiary/aromatic N) is 3. The van der Waals surface area contributed by atoms with Crippen molar-refractivity contribution in [1.82, 2.24) is 20.1 Å². The predicted molar refractivity (Wildman–Crippen MR) is 73.7 cm³/mol. The van der Waals surface area contributed by atoms with Gasteiger partial charge in [0.15, 0.2) is 5.82 Å². The first-order valence-corrected chi connectivity index (χ1v) is 6.53. The third-order valence-electron chi connectivity index (χ3n) is 2.82. The van der Waals surface area contributed by atoms with E-state index in [2.05, 4.69) is 15.5 Å². The van der Waals surface area contributed by atoms with Gasteiger partial charge in [-0.05, 0) is 17.7 Å². The lowest BCUT2D eigenvalue weighted by Crippen LogP contribution is -2.21. The van der Waals surface area contributed by atoms with Crippen LogP contribution in [0.1, 0.15) is 25.2 Å². The Balaban J connectivity index is 2.02. The SMILES string of the molecule is CC(C)NCc1cc(F)cc(OCc2nncn2C)c1. The quantitative estimate of drug-likeness (QED) is 0.878. The van der Waals surface area contributed by atoms with Crippen molar-refractivity contribution < 1.29 is 9.13 Å². The van der Waals surface area contributed by atoms with Crippen molar-refractivity contribution in [2.24, 2.45) is 7.05 Å². The minimum atomic E-state index is -0.305. The lowest BCUT2D eigenvalue weighted by Gasteiger charge is -2.11. The molecule has 2 aromatic rings.